The van der Waals surface area contributed by atoms with E-state index >= 15 is 0 Å². The third-order valence-corrected chi connectivity index (χ3v) is 2.78. The zero-order chi connectivity index (χ0) is 10.8. The summed E-state index contributed by atoms with van der Waals surface area (Å²) in [6.45, 7) is 8.25. The van der Waals surface area contributed by atoms with E-state index in [0.717, 1.165) is 19.3 Å². The fourth-order valence-corrected chi connectivity index (χ4v) is 2.38. The SMILES string of the molecule is CCCCC1(C)CC(=O)CC(C)(C)O1. The summed E-state index contributed by atoms with van der Waals surface area (Å²) < 4.78 is 6.01. The Kier molecular flexibility index (Phi) is 3.36. The molecule has 0 amide bonds. The molecule has 0 radical (unpaired) electrons. The molecule has 1 aliphatic rings. The van der Waals surface area contributed by atoms with E-state index in [0.29, 0.717) is 18.6 Å². The average Bonchev–Trinajstić information content (AvgIpc) is 1.96. The monoisotopic (exact) mass is 198 g/mol. The van der Waals surface area contributed by atoms with Crippen LogP contribution in [0.25, 0.3) is 0 Å². The van der Waals surface area contributed by atoms with Crippen LogP contribution >= 0.6 is 0 Å². The average molecular weight is 198 g/mol. The minimum absolute atomic E-state index is 0.213. The molecule has 1 saturated heterocycles. The number of hydrogen-bond acceptors (Lipinski definition) is 2. The maximum Gasteiger partial charge on any atom is 0.138 e. The number of unbranched alkanes of at least 4 members (excludes halogenated alkanes) is 1. The van der Waals surface area contributed by atoms with E-state index < -0.39 is 0 Å². The minimum Gasteiger partial charge on any atom is -0.368 e. The molecule has 14 heavy (non-hydrogen) atoms. The Labute approximate surface area is 87.0 Å². The quantitative estimate of drug-likeness (QED) is 0.696. The van der Waals surface area contributed by atoms with Crippen LogP contribution in [0.3, 0.4) is 0 Å². The Morgan fingerprint density at radius 2 is 1.93 bits per heavy atom. The molecule has 0 aromatic rings. The molecule has 0 aromatic carbocycles. The van der Waals surface area contributed by atoms with Gasteiger partial charge in [0, 0.05) is 12.8 Å². The summed E-state index contributed by atoms with van der Waals surface area (Å²) >= 11 is 0. The summed E-state index contributed by atoms with van der Waals surface area (Å²) in [6.07, 6.45) is 4.46. The number of carbonyl (C=O) groups is 1. The number of ether oxygens (including phenoxy) is 1. The van der Waals surface area contributed by atoms with Crippen LogP contribution in [0.1, 0.15) is 59.8 Å². The lowest BCUT2D eigenvalue weighted by Crippen LogP contribution is -2.47. The van der Waals surface area contributed by atoms with Gasteiger partial charge in [0.2, 0.25) is 0 Å². The van der Waals surface area contributed by atoms with Crippen molar-refractivity contribution >= 4 is 5.78 Å². The second-order valence-corrected chi connectivity index (χ2v) is 5.31. The summed E-state index contributed by atoms with van der Waals surface area (Å²) in [5.41, 5.74) is -0.479. The lowest BCUT2D eigenvalue weighted by atomic mass is 9.84. The second-order valence-electron chi connectivity index (χ2n) is 5.31. The first kappa shape index (κ1) is 11.7. The van der Waals surface area contributed by atoms with E-state index in [1.54, 1.807) is 0 Å². The van der Waals surface area contributed by atoms with E-state index in [4.69, 9.17) is 4.74 Å². The van der Waals surface area contributed by atoms with Gasteiger partial charge in [0.15, 0.2) is 0 Å². The van der Waals surface area contributed by atoms with Crippen LogP contribution in [0.5, 0.6) is 0 Å². The Balaban J connectivity index is 2.64. The van der Waals surface area contributed by atoms with Crippen molar-refractivity contribution in [1.29, 1.82) is 0 Å². The summed E-state index contributed by atoms with van der Waals surface area (Å²) in [5, 5.41) is 0. The standard InChI is InChI=1S/C12H22O2/c1-5-6-7-12(4)9-10(13)8-11(2,3)14-12/h5-9H2,1-4H3. The van der Waals surface area contributed by atoms with E-state index in [1.165, 1.54) is 0 Å². The van der Waals surface area contributed by atoms with Crippen molar-refractivity contribution < 1.29 is 9.53 Å². The van der Waals surface area contributed by atoms with E-state index in [2.05, 4.69) is 13.8 Å². The van der Waals surface area contributed by atoms with E-state index in [9.17, 15) is 4.79 Å². The maximum absolute atomic E-state index is 11.6. The van der Waals surface area contributed by atoms with Crippen LogP contribution in [0.15, 0.2) is 0 Å². The molecule has 0 N–H and O–H groups in total. The van der Waals surface area contributed by atoms with Crippen molar-refractivity contribution in [3.05, 3.63) is 0 Å². The first-order valence-corrected chi connectivity index (χ1v) is 5.59. The summed E-state index contributed by atoms with van der Waals surface area (Å²) in [6, 6.07) is 0. The molecule has 1 fully saturated rings. The molecular formula is C12H22O2. The van der Waals surface area contributed by atoms with Crippen molar-refractivity contribution in [2.24, 2.45) is 0 Å². The smallest absolute Gasteiger partial charge is 0.138 e. The predicted octanol–water partition coefficient (Wildman–Crippen LogP) is 3.09. The molecule has 2 nitrogen and oxygen atoms in total. The summed E-state index contributed by atoms with van der Waals surface area (Å²) in [7, 11) is 0. The zero-order valence-electron chi connectivity index (χ0n) is 9.85. The van der Waals surface area contributed by atoms with Crippen LogP contribution in [0.4, 0.5) is 0 Å². The van der Waals surface area contributed by atoms with Gasteiger partial charge in [0.05, 0.1) is 11.2 Å². The van der Waals surface area contributed by atoms with Gasteiger partial charge in [-0.2, -0.15) is 0 Å². The highest BCUT2D eigenvalue weighted by Gasteiger charge is 2.40. The molecule has 1 atom stereocenters. The molecule has 2 heteroatoms. The first-order chi connectivity index (χ1) is 6.37. The fraction of sp³-hybridized carbons (Fsp3) is 0.917. The molecule has 1 heterocycles. The largest absolute Gasteiger partial charge is 0.368 e. The maximum atomic E-state index is 11.6. The third-order valence-electron chi connectivity index (χ3n) is 2.78. The first-order valence-electron chi connectivity index (χ1n) is 5.59. The van der Waals surface area contributed by atoms with Gasteiger partial charge in [-0.1, -0.05) is 19.8 Å². The molecule has 1 rings (SSSR count). The lowest BCUT2D eigenvalue weighted by molar-refractivity contribution is -0.177. The Bertz CT molecular complexity index is 220. The Morgan fingerprint density at radius 1 is 1.29 bits per heavy atom. The highest BCUT2D eigenvalue weighted by Crippen LogP contribution is 2.36. The highest BCUT2D eigenvalue weighted by atomic mass is 16.5. The topological polar surface area (TPSA) is 26.3 Å². The second kappa shape index (κ2) is 4.01. The number of rotatable bonds is 3. The van der Waals surface area contributed by atoms with Gasteiger partial charge in [-0.15, -0.1) is 0 Å². The predicted molar refractivity (Wildman–Crippen MR) is 57.3 cm³/mol. The van der Waals surface area contributed by atoms with E-state index in [1.807, 2.05) is 13.8 Å². The van der Waals surface area contributed by atoms with Gasteiger partial charge < -0.3 is 4.74 Å². The molecule has 82 valence electrons. The molecule has 1 unspecified atom stereocenters. The van der Waals surface area contributed by atoms with Gasteiger partial charge in [-0.05, 0) is 27.2 Å². The van der Waals surface area contributed by atoms with Crippen LogP contribution in [-0.2, 0) is 9.53 Å². The lowest BCUT2D eigenvalue weighted by Gasteiger charge is -2.42. The Morgan fingerprint density at radius 3 is 2.43 bits per heavy atom. The van der Waals surface area contributed by atoms with Crippen molar-refractivity contribution in [3.63, 3.8) is 0 Å². The zero-order valence-corrected chi connectivity index (χ0v) is 9.85. The number of hydrogen-bond donors (Lipinski definition) is 0. The molecule has 0 aliphatic carbocycles. The third kappa shape index (κ3) is 3.09. The van der Waals surface area contributed by atoms with Crippen molar-refractivity contribution in [2.75, 3.05) is 0 Å². The van der Waals surface area contributed by atoms with Gasteiger partial charge in [-0.25, -0.2) is 0 Å². The molecular weight excluding hydrogens is 176 g/mol. The van der Waals surface area contributed by atoms with Crippen molar-refractivity contribution in [3.8, 4) is 0 Å². The minimum atomic E-state index is -0.266. The van der Waals surface area contributed by atoms with Crippen LogP contribution in [0, 0.1) is 0 Å². The van der Waals surface area contributed by atoms with Crippen LogP contribution in [0.2, 0.25) is 0 Å². The van der Waals surface area contributed by atoms with Crippen LogP contribution in [-0.4, -0.2) is 17.0 Å². The fourth-order valence-electron chi connectivity index (χ4n) is 2.38. The highest BCUT2D eigenvalue weighted by molar-refractivity contribution is 5.81. The van der Waals surface area contributed by atoms with Gasteiger partial charge in [0.1, 0.15) is 5.78 Å². The van der Waals surface area contributed by atoms with Crippen molar-refractivity contribution in [2.45, 2.75) is 71.0 Å². The number of ketones is 1. The molecule has 1 aliphatic heterocycles. The normalized spacial score (nSPS) is 31.9. The molecule has 0 spiro atoms. The van der Waals surface area contributed by atoms with Gasteiger partial charge in [0.25, 0.3) is 0 Å². The molecule has 0 bridgehead atoms. The van der Waals surface area contributed by atoms with Gasteiger partial charge >= 0.3 is 0 Å². The summed E-state index contributed by atoms with van der Waals surface area (Å²) in [5.74, 6) is 0.347. The molecule has 0 saturated carbocycles. The summed E-state index contributed by atoms with van der Waals surface area (Å²) in [4.78, 5) is 11.6. The number of carbonyl (C=O) groups excluding carboxylic acids is 1. The number of Topliss-reactive ketones (excluding diaryl/α,β-unsaturated/α-hetero) is 1. The molecule has 0 aromatic heterocycles. The van der Waals surface area contributed by atoms with Crippen LogP contribution < -0.4 is 0 Å². The Hall–Kier alpha value is -0.370. The van der Waals surface area contributed by atoms with Crippen molar-refractivity contribution in [1.82, 2.24) is 0 Å². The van der Waals surface area contributed by atoms with E-state index in [-0.39, 0.29) is 11.2 Å². The van der Waals surface area contributed by atoms with Gasteiger partial charge in [-0.3, -0.25) is 4.79 Å².